The number of allylic oxidation sites excluding steroid dienone is 2. The van der Waals surface area contributed by atoms with Crippen LogP contribution in [0.4, 0.5) is 4.79 Å². The monoisotopic (exact) mass is 255 g/mol. The molecule has 102 valence electrons. The van der Waals surface area contributed by atoms with Crippen molar-refractivity contribution >= 4 is 12.1 Å². The molecule has 0 aliphatic carbocycles. The Kier molecular flexibility index (Phi) is 5.19. The molecule has 1 aliphatic heterocycles. The van der Waals surface area contributed by atoms with Crippen molar-refractivity contribution < 1.29 is 19.1 Å². The summed E-state index contributed by atoms with van der Waals surface area (Å²) in [4.78, 5) is 22.9. The van der Waals surface area contributed by atoms with Crippen molar-refractivity contribution in [3.05, 3.63) is 11.5 Å². The molecule has 1 aliphatic rings. The first-order valence-electron chi connectivity index (χ1n) is 6.26. The molecule has 0 aromatic rings. The van der Waals surface area contributed by atoms with E-state index in [9.17, 15) is 9.59 Å². The maximum absolute atomic E-state index is 11.6. The molecule has 0 radical (unpaired) electrons. The number of carbonyl (C=O) groups is 2. The quantitative estimate of drug-likeness (QED) is 0.784. The molecule has 0 aromatic carbocycles. The fraction of sp³-hybridized carbons (Fsp3) is 0.692. The second-order valence-corrected chi connectivity index (χ2v) is 4.83. The summed E-state index contributed by atoms with van der Waals surface area (Å²) in [5, 5.41) is 2.76. The molecule has 1 atom stereocenters. The van der Waals surface area contributed by atoms with Crippen molar-refractivity contribution in [1.82, 2.24) is 5.32 Å². The lowest BCUT2D eigenvalue weighted by Gasteiger charge is -2.28. The van der Waals surface area contributed by atoms with Crippen LogP contribution >= 0.6 is 0 Å². The van der Waals surface area contributed by atoms with Gasteiger partial charge in [-0.2, -0.15) is 0 Å². The normalized spacial score (nSPS) is 19.8. The van der Waals surface area contributed by atoms with E-state index in [0.29, 0.717) is 30.2 Å². The summed E-state index contributed by atoms with van der Waals surface area (Å²) in [6.45, 7) is 6.07. The van der Waals surface area contributed by atoms with E-state index in [2.05, 4.69) is 23.9 Å². The minimum absolute atomic E-state index is 0.0188. The van der Waals surface area contributed by atoms with E-state index in [1.54, 1.807) is 0 Å². The molecule has 0 saturated heterocycles. The molecule has 1 amide bonds. The Balaban J connectivity index is 2.96. The van der Waals surface area contributed by atoms with Crippen LogP contribution < -0.4 is 5.32 Å². The van der Waals surface area contributed by atoms with E-state index in [-0.39, 0.29) is 11.8 Å². The third-order valence-corrected chi connectivity index (χ3v) is 2.86. The molecule has 0 fully saturated rings. The molecule has 0 aromatic heterocycles. The number of carbonyl (C=O) groups excluding carboxylic acids is 2. The van der Waals surface area contributed by atoms with Gasteiger partial charge in [0.1, 0.15) is 5.76 Å². The summed E-state index contributed by atoms with van der Waals surface area (Å²) in [5.74, 6) is 0.912. The van der Waals surface area contributed by atoms with E-state index in [4.69, 9.17) is 4.74 Å². The largest absolute Gasteiger partial charge is 0.513 e. The number of hydrogen-bond acceptors (Lipinski definition) is 4. The van der Waals surface area contributed by atoms with Crippen LogP contribution in [-0.2, 0) is 14.3 Å². The third-order valence-electron chi connectivity index (χ3n) is 2.86. The van der Waals surface area contributed by atoms with Gasteiger partial charge in [-0.25, -0.2) is 4.79 Å². The van der Waals surface area contributed by atoms with Crippen LogP contribution in [0.5, 0.6) is 0 Å². The molecule has 18 heavy (non-hydrogen) atoms. The van der Waals surface area contributed by atoms with Crippen LogP contribution in [0, 0.1) is 11.8 Å². The summed E-state index contributed by atoms with van der Waals surface area (Å²) in [6, 6.07) is 0. The average molecular weight is 255 g/mol. The molecule has 5 heteroatoms. The molecule has 1 heterocycles. The minimum atomic E-state index is -0.735. The van der Waals surface area contributed by atoms with Gasteiger partial charge in [-0.05, 0) is 18.8 Å². The van der Waals surface area contributed by atoms with Crippen LogP contribution in [0.25, 0.3) is 0 Å². The van der Waals surface area contributed by atoms with Crippen LogP contribution in [0.1, 0.15) is 40.0 Å². The number of methoxy groups -OCH3 is 1. The topological polar surface area (TPSA) is 64.6 Å². The van der Waals surface area contributed by atoms with Crippen LogP contribution in [0.2, 0.25) is 0 Å². The molecule has 0 bridgehead atoms. The van der Waals surface area contributed by atoms with Gasteiger partial charge in [-0.1, -0.05) is 20.8 Å². The fourth-order valence-electron chi connectivity index (χ4n) is 2.14. The zero-order chi connectivity index (χ0) is 13.7. The zero-order valence-corrected chi connectivity index (χ0v) is 11.4. The first-order valence-corrected chi connectivity index (χ1v) is 6.26. The highest BCUT2D eigenvalue weighted by Gasteiger charge is 2.30. The van der Waals surface area contributed by atoms with Gasteiger partial charge in [-0.15, -0.1) is 0 Å². The van der Waals surface area contributed by atoms with E-state index < -0.39 is 6.16 Å². The van der Waals surface area contributed by atoms with Crippen molar-refractivity contribution in [2.75, 3.05) is 7.11 Å². The van der Waals surface area contributed by atoms with Crippen molar-refractivity contribution in [2.24, 2.45) is 11.8 Å². The first-order chi connectivity index (χ1) is 8.47. The molecular formula is C13H21NO4. The summed E-state index contributed by atoms with van der Waals surface area (Å²) in [5.41, 5.74) is 0.683. The second-order valence-electron chi connectivity index (χ2n) is 4.83. The lowest BCUT2D eigenvalue weighted by atomic mass is 9.88. The van der Waals surface area contributed by atoms with Gasteiger partial charge in [-0.3, -0.25) is 4.79 Å². The predicted molar refractivity (Wildman–Crippen MR) is 66.5 cm³/mol. The van der Waals surface area contributed by atoms with Crippen molar-refractivity contribution in [3.8, 4) is 0 Å². The number of rotatable bonds is 4. The lowest BCUT2D eigenvalue weighted by Crippen LogP contribution is -2.35. The van der Waals surface area contributed by atoms with Gasteiger partial charge in [0.2, 0.25) is 5.91 Å². The molecule has 1 N–H and O–H groups in total. The van der Waals surface area contributed by atoms with Crippen LogP contribution in [0.3, 0.4) is 0 Å². The van der Waals surface area contributed by atoms with Gasteiger partial charge in [0.05, 0.1) is 12.8 Å². The highest BCUT2D eigenvalue weighted by molar-refractivity contribution is 5.80. The Morgan fingerprint density at radius 2 is 2.17 bits per heavy atom. The highest BCUT2D eigenvalue weighted by Crippen LogP contribution is 2.30. The maximum atomic E-state index is 11.6. The number of ether oxygens (including phenoxy) is 2. The van der Waals surface area contributed by atoms with E-state index in [1.807, 2.05) is 6.92 Å². The van der Waals surface area contributed by atoms with Crippen LogP contribution in [0.15, 0.2) is 11.5 Å². The van der Waals surface area contributed by atoms with Crippen molar-refractivity contribution in [2.45, 2.75) is 40.0 Å². The number of amides is 1. The molecule has 5 nitrogen and oxygen atoms in total. The van der Waals surface area contributed by atoms with E-state index in [1.165, 1.54) is 7.11 Å². The summed E-state index contributed by atoms with van der Waals surface area (Å²) in [7, 11) is 1.27. The van der Waals surface area contributed by atoms with E-state index in [0.717, 1.165) is 6.42 Å². The zero-order valence-electron chi connectivity index (χ0n) is 11.4. The Morgan fingerprint density at radius 1 is 1.50 bits per heavy atom. The summed E-state index contributed by atoms with van der Waals surface area (Å²) in [6.07, 6.45) is 1.05. The molecule has 1 rings (SSSR count). The Hall–Kier alpha value is -1.52. The molecule has 0 saturated carbocycles. The van der Waals surface area contributed by atoms with Gasteiger partial charge < -0.3 is 14.8 Å². The SMILES string of the molecule is CCC1=C(OC(=O)OC)C(CC(C)C)CC(=O)N1. The van der Waals surface area contributed by atoms with Gasteiger partial charge in [0.25, 0.3) is 0 Å². The van der Waals surface area contributed by atoms with Crippen LogP contribution in [-0.4, -0.2) is 19.2 Å². The second kappa shape index (κ2) is 6.42. The fourth-order valence-corrected chi connectivity index (χ4v) is 2.14. The molecule has 0 spiro atoms. The minimum Gasteiger partial charge on any atom is -0.437 e. The first kappa shape index (κ1) is 14.5. The standard InChI is InChI=1S/C13H21NO4/c1-5-10-12(18-13(16)17-4)9(6-8(2)3)7-11(15)14-10/h8-9H,5-7H2,1-4H3,(H,14,15). The summed E-state index contributed by atoms with van der Waals surface area (Å²) < 4.78 is 9.73. The Labute approximate surface area is 108 Å². The van der Waals surface area contributed by atoms with E-state index >= 15 is 0 Å². The van der Waals surface area contributed by atoms with Crippen molar-refractivity contribution in [1.29, 1.82) is 0 Å². The highest BCUT2D eigenvalue weighted by atomic mass is 16.7. The van der Waals surface area contributed by atoms with Crippen molar-refractivity contribution in [3.63, 3.8) is 0 Å². The summed E-state index contributed by atoms with van der Waals surface area (Å²) >= 11 is 0. The lowest BCUT2D eigenvalue weighted by molar-refractivity contribution is -0.122. The number of nitrogens with one attached hydrogen (secondary N) is 1. The van der Waals surface area contributed by atoms with Gasteiger partial charge in [0.15, 0.2) is 0 Å². The molecule has 1 unspecified atom stereocenters. The maximum Gasteiger partial charge on any atom is 0.513 e. The number of hydrogen-bond donors (Lipinski definition) is 1. The third kappa shape index (κ3) is 3.75. The average Bonchev–Trinajstić information content (AvgIpc) is 2.30. The van der Waals surface area contributed by atoms with Gasteiger partial charge in [0, 0.05) is 12.3 Å². The molecular weight excluding hydrogens is 234 g/mol. The Bertz CT molecular complexity index is 360. The van der Waals surface area contributed by atoms with Gasteiger partial charge >= 0.3 is 6.16 Å². The Morgan fingerprint density at radius 3 is 2.67 bits per heavy atom. The smallest absolute Gasteiger partial charge is 0.437 e. The predicted octanol–water partition coefficient (Wildman–Crippen LogP) is 2.57.